The average molecular weight is 374 g/mol. The summed E-state index contributed by atoms with van der Waals surface area (Å²) in [6.07, 6.45) is -4.97. The van der Waals surface area contributed by atoms with E-state index in [1.807, 2.05) is 11.0 Å². The topological polar surface area (TPSA) is 15.3 Å². The quantitative estimate of drug-likeness (QED) is 0.868. The standard InChI is InChI=1S/C13H16BrF3N2.ClH/c14-11-4-2-1-3-10(11)12(9-13(15,16)17)19-7-5-18-6-8-19;/h1-4,12,18H,5-9H2;1H/t12-;/m0./s1. The van der Waals surface area contributed by atoms with Gasteiger partial charge in [-0.2, -0.15) is 13.2 Å². The highest BCUT2D eigenvalue weighted by Gasteiger charge is 2.36. The number of hydrogen-bond donors (Lipinski definition) is 1. The lowest BCUT2D eigenvalue weighted by molar-refractivity contribution is -0.148. The molecule has 2 nitrogen and oxygen atoms in total. The lowest BCUT2D eigenvalue weighted by atomic mass is 10.0. The lowest BCUT2D eigenvalue weighted by Gasteiger charge is -2.36. The zero-order chi connectivity index (χ0) is 13.9. The molecule has 1 fully saturated rings. The van der Waals surface area contributed by atoms with E-state index in [-0.39, 0.29) is 12.4 Å². The molecule has 1 atom stereocenters. The molecule has 0 radical (unpaired) electrons. The van der Waals surface area contributed by atoms with Crippen molar-refractivity contribution in [3.63, 3.8) is 0 Å². The van der Waals surface area contributed by atoms with Gasteiger partial charge in [-0.15, -0.1) is 12.4 Å². The van der Waals surface area contributed by atoms with Crippen LogP contribution in [0.3, 0.4) is 0 Å². The van der Waals surface area contributed by atoms with Crippen molar-refractivity contribution in [3.05, 3.63) is 34.3 Å². The Morgan fingerprint density at radius 2 is 1.80 bits per heavy atom. The minimum Gasteiger partial charge on any atom is -0.314 e. The number of nitrogens with zero attached hydrogens (tertiary/aromatic N) is 1. The second-order valence-electron chi connectivity index (χ2n) is 4.64. The average Bonchev–Trinajstić information content (AvgIpc) is 2.37. The Kier molecular flexibility index (Phi) is 6.78. The van der Waals surface area contributed by atoms with Crippen LogP contribution in [0.1, 0.15) is 18.0 Å². The third kappa shape index (κ3) is 4.91. The van der Waals surface area contributed by atoms with Gasteiger partial charge in [-0.25, -0.2) is 0 Å². The van der Waals surface area contributed by atoms with Crippen LogP contribution in [-0.4, -0.2) is 37.3 Å². The highest BCUT2D eigenvalue weighted by atomic mass is 79.9. The predicted octanol–water partition coefficient (Wildman–Crippen LogP) is 3.77. The van der Waals surface area contributed by atoms with Gasteiger partial charge in [0.25, 0.3) is 0 Å². The van der Waals surface area contributed by atoms with Crippen LogP contribution in [0.4, 0.5) is 13.2 Å². The van der Waals surface area contributed by atoms with E-state index in [2.05, 4.69) is 21.2 Å². The molecule has 0 spiro atoms. The Bertz CT molecular complexity index is 422. The summed E-state index contributed by atoms with van der Waals surface area (Å²) in [7, 11) is 0. The van der Waals surface area contributed by atoms with Gasteiger partial charge in [-0.1, -0.05) is 34.1 Å². The first-order chi connectivity index (χ1) is 8.97. The molecule has 114 valence electrons. The minimum absolute atomic E-state index is 0. The number of nitrogens with one attached hydrogen (secondary N) is 1. The number of piperazine rings is 1. The Morgan fingerprint density at radius 3 is 2.35 bits per heavy atom. The van der Waals surface area contributed by atoms with E-state index >= 15 is 0 Å². The summed E-state index contributed by atoms with van der Waals surface area (Å²) in [5.74, 6) is 0. The van der Waals surface area contributed by atoms with E-state index in [4.69, 9.17) is 0 Å². The van der Waals surface area contributed by atoms with Gasteiger partial charge in [-0.05, 0) is 11.6 Å². The SMILES string of the molecule is Cl.FC(F)(F)C[C@@H](c1ccccc1Br)N1CCNCC1. The van der Waals surface area contributed by atoms with Gasteiger partial charge >= 0.3 is 6.18 Å². The molecule has 0 aromatic heterocycles. The maximum atomic E-state index is 12.8. The van der Waals surface area contributed by atoms with Gasteiger partial charge in [0.05, 0.1) is 6.42 Å². The van der Waals surface area contributed by atoms with Crippen LogP contribution in [0.25, 0.3) is 0 Å². The number of hydrogen-bond acceptors (Lipinski definition) is 2. The molecule has 1 aromatic carbocycles. The fraction of sp³-hybridized carbons (Fsp3) is 0.538. The molecule has 0 saturated carbocycles. The van der Waals surface area contributed by atoms with Crippen LogP contribution < -0.4 is 5.32 Å². The fourth-order valence-electron chi connectivity index (χ4n) is 2.39. The third-order valence-electron chi connectivity index (χ3n) is 3.28. The van der Waals surface area contributed by atoms with E-state index in [9.17, 15) is 13.2 Å². The van der Waals surface area contributed by atoms with Crippen LogP contribution in [-0.2, 0) is 0 Å². The summed E-state index contributed by atoms with van der Waals surface area (Å²) in [5, 5.41) is 3.16. The van der Waals surface area contributed by atoms with Crippen LogP contribution >= 0.6 is 28.3 Å². The van der Waals surface area contributed by atoms with Crippen molar-refractivity contribution in [2.45, 2.75) is 18.6 Å². The molecule has 0 bridgehead atoms. The van der Waals surface area contributed by atoms with Crippen molar-refractivity contribution < 1.29 is 13.2 Å². The Labute approximate surface area is 131 Å². The summed E-state index contributed by atoms with van der Waals surface area (Å²) >= 11 is 3.36. The summed E-state index contributed by atoms with van der Waals surface area (Å²) in [6, 6.07) is 6.54. The van der Waals surface area contributed by atoms with Gasteiger partial charge in [0.15, 0.2) is 0 Å². The van der Waals surface area contributed by atoms with Crippen molar-refractivity contribution in [2.75, 3.05) is 26.2 Å². The molecule has 0 unspecified atom stereocenters. The van der Waals surface area contributed by atoms with Gasteiger partial charge < -0.3 is 5.32 Å². The van der Waals surface area contributed by atoms with Crippen LogP contribution in [0, 0.1) is 0 Å². The summed E-state index contributed by atoms with van der Waals surface area (Å²) in [5.41, 5.74) is 0.710. The Morgan fingerprint density at radius 1 is 1.20 bits per heavy atom. The minimum atomic E-state index is -4.16. The van der Waals surface area contributed by atoms with Crippen molar-refractivity contribution in [1.29, 1.82) is 0 Å². The Hall–Kier alpha value is -0.300. The van der Waals surface area contributed by atoms with E-state index in [0.717, 1.165) is 17.6 Å². The molecule has 1 saturated heterocycles. The van der Waals surface area contributed by atoms with Gasteiger partial charge in [0, 0.05) is 36.7 Å². The van der Waals surface area contributed by atoms with Gasteiger partial charge in [-0.3, -0.25) is 4.90 Å². The Balaban J connectivity index is 0.00000200. The normalized spacial score (nSPS) is 18.4. The molecule has 1 aromatic rings. The first kappa shape index (κ1) is 17.8. The smallest absolute Gasteiger partial charge is 0.314 e. The molecular formula is C13H17BrClF3N2. The van der Waals surface area contributed by atoms with Crippen LogP contribution in [0.2, 0.25) is 0 Å². The third-order valence-corrected chi connectivity index (χ3v) is 4.00. The lowest BCUT2D eigenvalue weighted by Crippen LogP contribution is -2.46. The molecule has 7 heteroatoms. The molecule has 0 aliphatic carbocycles. The zero-order valence-electron chi connectivity index (χ0n) is 10.8. The second-order valence-corrected chi connectivity index (χ2v) is 5.50. The number of alkyl halides is 3. The maximum Gasteiger partial charge on any atom is 0.390 e. The fourth-order valence-corrected chi connectivity index (χ4v) is 2.94. The second kappa shape index (κ2) is 7.64. The van der Waals surface area contributed by atoms with Crippen molar-refractivity contribution >= 4 is 28.3 Å². The van der Waals surface area contributed by atoms with Crippen molar-refractivity contribution in [2.24, 2.45) is 0 Å². The van der Waals surface area contributed by atoms with Crippen LogP contribution in [0.15, 0.2) is 28.7 Å². The summed E-state index contributed by atoms with van der Waals surface area (Å²) in [4.78, 5) is 1.91. The van der Waals surface area contributed by atoms with Crippen LogP contribution in [0.5, 0.6) is 0 Å². The highest BCUT2D eigenvalue weighted by molar-refractivity contribution is 9.10. The molecule has 0 amide bonds. The maximum absolute atomic E-state index is 12.8. The largest absolute Gasteiger partial charge is 0.390 e. The van der Waals surface area contributed by atoms with E-state index in [1.54, 1.807) is 18.2 Å². The molecule has 2 rings (SSSR count). The first-order valence-electron chi connectivity index (χ1n) is 6.23. The molecule has 1 N–H and O–H groups in total. The number of halogens is 5. The van der Waals surface area contributed by atoms with E-state index < -0.39 is 18.6 Å². The van der Waals surface area contributed by atoms with E-state index in [0.29, 0.717) is 18.7 Å². The molecular weight excluding hydrogens is 357 g/mol. The van der Waals surface area contributed by atoms with Gasteiger partial charge in [0.1, 0.15) is 0 Å². The first-order valence-corrected chi connectivity index (χ1v) is 7.02. The molecule has 20 heavy (non-hydrogen) atoms. The monoisotopic (exact) mass is 372 g/mol. The molecule has 1 aliphatic rings. The molecule has 1 heterocycles. The number of rotatable bonds is 3. The predicted molar refractivity (Wildman–Crippen MR) is 79.2 cm³/mol. The van der Waals surface area contributed by atoms with Crippen molar-refractivity contribution in [1.82, 2.24) is 10.2 Å². The summed E-state index contributed by atoms with van der Waals surface area (Å²) in [6.45, 7) is 2.75. The van der Waals surface area contributed by atoms with Crippen molar-refractivity contribution in [3.8, 4) is 0 Å². The molecule has 1 aliphatic heterocycles. The van der Waals surface area contributed by atoms with Gasteiger partial charge in [0.2, 0.25) is 0 Å². The highest BCUT2D eigenvalue weighted by Crippen LogP contribution is 2.36. The summed E-state index contributed by atoms with van der Waals surface area (Å²) < 4.78 is 39.2. The van der Waals surface area contributed by atoms with E-state index in [1.165, 1.54) is 0 Å². The zero-order valence-corrected chi connectivity index (χ0v) is 13.2. The number of benzene rings is 1.